The van der Waals surface area contributed by atoms with Gasteiger partial charge in [-0.3, -0.25) is 9.59 Å². The van der Waals surface area contributed by atoms with Crippen LogP contribution < -0.4 is 9.47 Å². The van der Waals surface area contributed by atoms with Crippen molar-refractivity contribution < 1.29 is 27.5 Å². The topological polar surface area (TPSA) is 86.7 Å². The van der Waals surface area contributed by atoms with Crippen LogP contribution in [-0.4, -0.2) is 39.5 Å². The van der Waals surface area contributed by atoms with E-state index in [4.69, 9.17) is 9.47 Å². The van der Waals surface area contributed by atoms with E-state index in [1.807, 2.05) is 0 Å². The fraction of sp³-hybridized carbons (Fsp3) is 0.467. The van der Waals surface area contributed by atoms with Crippen molar-refractivity contribution in [2.45, 2.75) is 24.2 Å². The molecule has 2 aliphatic rings. The van der Waals surface area contributed by atoms with E-state index in [0.29, 0.717) is 12.4 Å². The van der Waals surface area contributed by atoms with E-state index in [1.165, 1.54) is 12.1 Å². The average molecular weight is 324 g/mol. The number of fused-ring (bicyclic) bond motifs is 1. The second-order valence-electron chi connectivity index (χ2n) is 5.58. The number of benzene rings is 1. The number of ketones is 2. The van der Waals surface area contributed by atoms with Crippen LogP contribution in [0, 0.1) is 5.92 Å². The summed E-state index contributed by atoms with van der Waals surface area (Å²) in [7, 11) is -3.70. The Morgan fingerprint density at radius 2 is 1.86 bits per heavy atom. The molecule has 0 radical (unpaired) electrons. The first-order valence-electron chi connectivity index (χ1n) is 7.06. The number of ether oxygens (including phenoxy) is 2. The zero-order valence-corrected chi connectivity index (χ0v) is 12.9. The molecular formula is C15H16O6S. The van der Waals surface area contributed by atoms with Crippen LogP contribution in [0.4, 0.5) is 0 Å². The molecule has 7 heteroatoms. The van der Waals surface area contributed by atoms with Gasteiger partial charge in [-0.1, -0.05) is 0 Å². The summed E-state index contributed by atoms with van der Waals surface area (Å²) in [5.74, 6) is -0.285. The van der Waals surface area contributed by atoms with Crippen LogP contribution in [0.15, 0.2) is 17.0 Å². The summed E-state index contributed by atoms with van der Waals surface area (Å²) >= 11 is 0. The van der Waals surface area contributed by atoms with Gasteiger partial charge >= 0.3 is 0 Å². The number of Topliss-reactive ketones (excluding diaryl/α,β-unsaturated/α-hetero) is 2. The van der Waals surface area contributed by atoms with Crippen LogP contribution in [0.5, 0.6) is 11.5 Å². The van der Waals surface area contributed by atoms with Gasteiger partial charge < -0.3 is 9.47 Å². The number of carbonyl (C=O) groups excluding carboxylic acids is 2. The van der Waals surface area contributed by atoms with Gasteiger partial charge in [-0.25, -0.2) is 8.42 Å². The van der Waals surface area contributed by atoms with E-state index in [1.54, 1.807) is 0 Å². The van der Waals surface area contributed by atoms with Crippen molar-refractivity contribution in [3.8, 4) is 11.5 Å². The molecule has 0 atom stereocenters. The molecule has 118 valence electrons. The lowest BCUT2D eigenvalue weighted by Crippen LogP contribution is -2.20. The fourth-order valence-corrected chi connectivity index (χ4v) is 3.56. The Kier molecular flexibility index (Phi) is 3.68. The van der Waals surface area contributed by atoms with Crippen molar-refractivity contribution in [1.82, 2.24) is 0 Å². The zero-order valence-electron chi connectivity index (χ0n) is 12.1. The molecule has 1 aliphatic heterocycles. The van der Waals surface area contributed by atoms with Crippen molar-refractivity contribution in [2.75, 3.05) is 19.5 Å². The molecule has 3 rings (SSSR count). The lowest BCUT2D eigenvalue weighted by Gasteiger charge is -2.22. The van der Waals surface area contributed by atoms with Crippen LogP contribution in [0.3, 0.4) is 0 Å². The summed E-state index contributed by atoms with van der Waals surface area (Å²) in [6.07, 6.45) is 2.37. The highest BCUT2D eigenvalue weighted by molar-refractivity contribution is 7.91. The molecule has 1 aromatic rings. The first-order chi connectivity index (χ1) is 10.4. The van der Waals surface area contributed by atoms with Crippen molar-refractivity contribution in [3.63, 3.8) is 0 Å². The molecule has 0 unspecified atom stereocenters. The smallest absolute Gasteiger partial charge is 0.180 e. The molecule has 0 amide bonds. The van der Waals surface area contributed by atoms with Gasteiger partial charge in [0.25, 0.3) is 0 Å². The Morgan fingerprint density at radius 3 is 2.50 bits per heavy atom. The first kappa shape index (κ1) is 15.0. The normalized spacial score (nSPS) is 17.1. The molecule has 1 aliphatic carbocycles. The van der Waals surface area contributed by atoms with Gasteiger partial charge in [0.1, 0.15) is 23.9 Å². The molecule has 0 aromatic heterocycles. The van der Waals surface area contributed by atoms with Gasteiger partial charge in [-0.2, -0.15) is 0 Å². The molecule has 0 bridgehead atoms. The predicted molar refractivity (Wildman–Crippen MR) is 77.2 cm³/mol. The van der Waals surface area contributed by atoms with Crippen molar-refractivity contribution in [1.29, 1.82) is 0 Å². The second kappa shape index (κ2) is 5.39. The molecule has 1 heterocycles. The lowest BCUT2D eigenvalue weighted by atomic mass is 10.0. The van der Waals surface area contributed by atoms with E-state index in [-0.39, 0.29) is 40.9 Å². The molecule has 1 fully saturated rings. The van der Waals surface area contributed by atoms with Gasteiger partial charge in [-0.15, -0.1) is 0 Å². The Hall–Kier alpha value is -1.89. The van der Waals surface area contributed by atoms with Crippen LogP contribution in [-0.2, 0) is 14.6 Å². The van der Waals surface area contributed by atoms with Crippen LogP contribution in [0.2, 0.25) is 0 Å². The third-order valence-electron chi connectivity index (χ3n) is 3.70. The van der Waals surface area contributed by atoms with E-state index in [9.17, 15) is 18.0 Å². The highest BCUT2D eigenvalue weighted by Crippen LogP contribution is 2.39. The van der Waals surface area contributed by atoms with Gasteiger partial charge in [0, 0.05) is 17.7 Å². The van der Waals surface area contributed by atoms with Gasteiger partial charge in [0.2, 0.25) is 0 Å². The molecule has 6 nitrogen and oxygen atoms in total. The number of hydrogen-bond donors (Lipinski definition) is 0. The zero-order chi connectivity index (χ0) is 15.9. The van der Waals surface area contributed by atoms with E-state index in [2.05, 4.69) is 0 Å². The lowest BCUT2D eigenvalue weighted by molar-refractivity contribution is -0.119. The van der Waals surface area contributed by atoms with Crippen molar-refractivity contribution in [2.24, 2.45) is 5.92 Å². The highest BCUT2D eigenvalue weighted by Gasteiger charge is 2.33. The molecule has 0 N–H and O–H groups in total. The highest BCUT2D eigenvalue weighted by atomic mass is 32.2. The third-order valence-corrected chi connectivity index (χ3v) is 4.85. The van der Waals surface area contributed by atoms with Gasteiger partial charge in [-0.05, 0) is 25.0 Å². The molecular weight excluding hydrogens is 308 g/mol. The molecule has 22 heavy (non-hydrogen) atoms. The maximum absolute atomic E-state index is 12.4. The van der Waals surface area contributed by atoms with E-state index in [0.717, 1.165) is 19.1 Å². The van der Waals surface area contributed by atoms with Crippen LogP contribution in [0.1, 0.15) is 29.6 Å². The Bertz CT molecular complexity index is 746. The maximum Gasteiger partial charge on any atom is 0.180 e. The first-order valence-corrected chi connectivity index (χ1v) is 8.95. The molecule has 0 saturated heterocycles. The SMILES string of the molecule is CS(=O)(=O)c1c(C(=O)CC(=O)C2CC2)ccc2c1OCCO2. The molecule has 1 saturated carbocycles. The minimum atomic E-state index is -3.70. The number of carbonyl (C=O) groups is 2. The number of sulfone groups is 1. The standard InChI is InChI=1S/C15H16O6S/c1-22(18,19)15-10(12(17)8-11(16)9-2-3-9)4-5-13-14(15)21-7-6-20-13/h4-5,9H,2-3,6-8H2,1H3. The molecule has 0 spiro atoms. The van der Waals surface area contributed by atoms with Gasteiger partial charge in [0.05, 0.1) is 6.42 Å². The number of rotatable bonds is 5. The van der Waals surface area contributed by atoms with E-state index >= 15 is 0 Å². The Morgan fingerprint density at radius 1 is 1.18 bits per heavy atom. The van der Waals surface area contributed by atoms with Crippen LogP contribution in [0.25, 0.3) is 0 Å². The van der Waals surface area contributed by atoms with Crippen molar-refractivity contribution >= 4 is 21.4 Å². The van der Waals surface area contributed by atoms with Gasteiger partial charge in [0.15, 0.2) is 27.1 Å². The third kappa shape index (κ3) is 2.85. The molecule has 1 aromatic carbocycles. The second-order valence-corrected chi connectivity index (χ2v) is 7.53. The minimum Gasteiger partial charge on any atom is -0.486 e. The Balaban J connectivity index is 2.03. The summed E-state index contributed by atoms with van der Waals surface area (Å²) in [6.45, 7) is 0.540. The summed E-state index contributed by atoms with van der Waals surface area (Å²) in [5, 5.41) is 0. The minimum absolute atomic E-state index is 0.000694. The monoisotopic (exact) mass is 324 g/mol. The summed E-state index contributed by atoms with van der Waals surface area (Å²) in [5.41, 5.74) is 0.000694. The fourth-order valence-electron chi connectivity index (χ4n) is 2.48. The average Bonchev–Trinajstić information content (AvgIpc) is 3.29. The summed E-state index contributed by atoms with van der Waals surface area (Å²) in [6, 6.07) is 2.91. The largest absolute Gasteiger partial charge is 0.486 e. The maximum atomic E-state index is 12.4. The van der Waals surface area contributed by atoms with E-state index < -0.39 is 15.6 Å². The Labute approximate surface area is 128 Å². The quantitative estimate of drug-likeness (QED) is 0.601. The summed E-state index contributed by atoms with van der Waals surface area (Å²) < 4.78 is 34.9. The summed E-state index contributed by atoms with van der Waals surface area (Å²) in [4.78, 5) is 24.0. The predicted octanol–water partition coefficient (Wildman–Crippen LogP) is 1.41. The number of hydrogen-bond acceptors (Lipinski definition) is 6. The van der Waals surface area contributed by atoms with Crippen LogP contribution >= 0.6 is 0 Å². The van der Waals surface area contributed by atoms with Crippen molar-refractivity contribution in [3.05, 3.63) is 17.7 Å².